The first-order chi connectivity index (χ1) is 15.2. The van der Waals surface area contributed by atoms with E-state index in [4.69, 9.17) is 9.52 Å². The molecule has 1 amide bonds. The minimum atomic E-state index is -5.18. The van der Waals surface area contributed by atoms with Gasteiger partial charge in [0.15, 0.2) is 5.69 Å². The van der Waals surface area contributed by atoms with Crippen LogP contribution in [0.4, 0.5) is 36.8 Å². The summed E-state index contributed by atoms with van der Waals surface area (Å²) in [6, 6.07) is 0.494. The van der Waals surface area contributed by atoms with Crippen LogP contribution in [0, 0.1) is 0 Å². The van der Waals surface area contributed by atoms with Crippen LogP contribution < -0.4 is 5.32 Å². The molecular formula is C19H20F6N4O4. The largest absolute Gasteiger partial charge is 0.465 e. The Labute approximate surface area is 183 Å². The van der Waals surface area contributed by atoms with E-state index in [0.717, 1.165) is 0 Å². The Morgan fingerprint density at radius 1 is 1.15 bits per heavy atom. The summed E-state index contributed by atoms with van der Waals surface area (Å²) in [6.45, 7) is 1.51. The minimum absolute atomic E-state index is 0.0503. The summed E-state index contributed by atoms with van der Waals surface area (Å²) in [5.74, 6) is -2.69. The molecule has 0 fully saturated rings. The predicted molar refractivity (Wildman–Crippen MR) is 100 cm³/mol. The number of nitrogens with zero attached hydrogens (tertiary/aromatic N) is 3. The summed E-state index contributed by atoms with van der Waals surface area (Å²) in [5.41, 5.74) is -6.39. The number of aromatic nitrogens is 3. The maximum Gasteiger partial charge on any atom is 0.426 e. The van der Waals surface area contributed by atoms with Crippen molar-refractivity contribution in [3.8, 4) is 11.6 Å². The molecule has 4 bridgehead atoms. The molecule has 1 aliphatic heterocycles. The highest BCUT2D eigenvalue weighted by molar-refractivity contribution is 5.88. The summed E-state index contributed by atoms with van der Waals surface area (Å²) < 4.78 is 87.2. The molecule has 182 valence electrons. The van der Waals surface area contributed by atoms with Gasteiger partial charge in [0, 0.05) is 0 Å². The number of fused-ring (bicyclic) bond motifs is 5. The van der Waals surface area contributed by atoms with E-state index < -0.39 is 70.8 Å². The molecule has 14 heteroatoms. The van der Waals surface area contributed by atoms with Crippen molar-refractivity contribution in [1.82, 2.24) is 15.2 Å². The van der Waals surface area contributed by atoms with Crippen LogP contribution in [0.3, 0.4) is 0 Å². The fourth-order valence-electron chi connectivity index (χ4n) is 3.68. The van der Waals surface area contributed by atoms with Crippen LogP contribution in [-0.2, 0) is 11.8 Å². The van der Waals surface area contributed by atoms with Crippen LogP contribution in [0.1, 0.15) is 68.5 Å². The number of hydrogen-bond acceptors (Lipinski definition) is 6. The standard InChI is InChI=1S/C19H20F6N4O4/c1-9-6-4-2-3-5-7-17(32,19(23,24)25)15-29-28-14(33-15)13-11(26-16(30)31)8-10(12(9)27-13)18(20,21)22/h8-9,26,32H,2-7H2,1H3,(H,30,31). The van der Waals surface area contributed by atoms with E-state index in [1.807, 2.05) is 0 Å². The Morgan fingerprint density at radius 3 is 2.42 bits per heavy atom. The SMILES string of the molecule is CC1CCCCCCC(O)(C(F)(F)F)c2nnc(o2)-c2nc1c(C(F)(F)F)cc2NC(=O)O. The number of aliphatic hydroxyl groups is 1. The van der Waals surface area contributed by atoms with Gasteiger partial charge < -0.3 is 14.6 Å². The second kappa shape index (κ2) is 8.80. The molecule has 2 unspecified atom stereocenters. The summed E-state index contributed by atoms with van der Waals surface area (Å²) in [5, 5.41) is 27.8. The lowest BCUT2D eigenvalue weighted by molar-refractivity contribution is -0.277. The monoisotopic (exact) mass is 482 g/mol. The topological polar surface area (TPSA) is 121 Å². The van der Waals surface area contributed by atoms with Crippen molar-refractivity contribution in [2.75, 3.05) is 5.32 Å². The smallest absolute Gasteiger partial charge is 0.426 e. The van der Waals surface area contributed by atoms with Crippen LogP contribution >= 0.6 is 0 Å². The highest BCUT2D eigenvalue weighted by Crippen LogP contribution is 2.44. The maximum absolute atomic E-state index is 13.7. The average molecular weight is 482 g/mol. The number of hydrogen-bond donors (Lipinski definition) is 3. The van der Waals surface area contributed by atoms with E-state index in [1.54, 1.807) is 5.32 Å². The first-order valence-corrected chi connectivity index (χ1v) is 9.99. The Kier molecular flexibility index (Phi) is 6.60. The average Bonchev–Trinajstić information content (AvgIpc) is 3.17. The first kappa shape index (κ1) is 24.7. The molecule has 0 saturated carbocycles. The van der Waals surface area contributed by atoms with Gasteiger partial charge in [-0.15, -0.1) is 10.2 Å². The van der Waals surface area contributed by atoms with Crippen LogP contribution in [-0.4, -0.2) is 37.7 Å². The summed E-state index contributed by atoms with van der Waals surface area (Å²) in [7, 11) is 0. The molecule has 33 heavy (non-hydrogen) atoms. The van der Waals surface area contributed by atoms with Gasteiger partial charge in [-0.3, -0.25) is 5.32 Å². The van der Waals surface area contributed by atoms with Gasteiger partial charge >= 0.3 is 18.4 Å². The van der Waals surface area contributed by atoms with Crippen LogP contribution in [0.2, 0.25) is 0 Å². The van der Waals surface area contributed by atoms with Gasteiger partial charge in [0.1, 0.15) is 0 Å². The van der Waals surface area contributed by atoms with E-state index >= 15 is 0 Å². The van der Waals surface area contributed by atoms with Crippen LogP contribution in [0.15, 0.2) is 10.5 Å². The molecule has 3 heterocycles. The van der Waals surface area contributed by atoms with Gasteiger partial charge in [0.2, 0.25) is 5.60 Å². The number of carboxylic acid groups (broad SMARTS) is 1. The lowest BCUT2D eigenvalue weighted by atomic mass is 9.92. The Balaban J connectivity index is 2.26. The molecule has 0 spiro atoms. The number of carbonyl (C=O) groups is 1. The van der Waals surface area contributed by atoms with Crippen molar-refractivity contribution in [3.05, 3.63) is 23.2 Å². The Bertz CT molecular complexity index is 1020. The molecule has 1 aliphatic rings. The zero-order valence-electron chi connectivity index (χ0n) is 17.2. The maximum atomic E-state index is 13.7. The number of amides is 1. The Hall–Kier alpha value is -2.90. The van der Waals surface area contributed by atoms with E-state index in [1.165, 1.54) is 6.92 Å². The third kappa shape index (κ3) is 5.04. The molecule has 2 aromatic rings. The van der Waals surface area contributed by atoms with Gasteiger partial charge in [0.05, 0.1) is 16.9 Å². The lowest BCUT2D eigenvalue weighted by Crippen LogP contribution is -2.42. The molecule has 3 rings (SSSR count). The number of rotatable bonds is 1. The number of anilines is 1. The highest BCUT2D eigenvalue weighted by Gasteiger charge is 2.58. The zero-order valence-corrected chi connectivity index (χ0v) is 17.2. The molecule has 0 saturated heterocycles. The van der Waals surface area contributed by atoms with E-state index in [2.05, 4.69) is 15.2 Å². The van der Waals surface area contributed by atoms with Crippen molar-refractivity contribution in [1.29, 1.82) is 0 Å². The molecule has 0 aliphatic carbocycles. The molecule has 2 aromatic heterocycles. The third-order valence-electron chi connectivity index (χ3n) is 5.44. The summed E-state index contributed by atoms with van der Waals surface area (Å²) in [4.78, 5) is 15.1. The quantitative estimate of drug-likeness (QED) is 0.462. The number of nitrogens with one attached hydrogen (secondary N) is 1. The fraction of sp³-hybridized carbons (Fsp3) is 0.579. The highest BCUT2D eigenvalue weighted by atomic mass is 19.4. The summed E-state index contributed by atoms with van der Waals surface area (Å²) in [6.07, 6.45) is -11.3. The first-order valence-electron chi connectivity index (χ1n) is 9.99. The summed E-state index contributed by atoms with van der Waals surface area (Å²) >= 11 is 0. The molecule has 8 nitrogen and oxygen atoms in total. The van der Waals surface area contributed by atoms with Gasteiger partial charge in [-0.1, -0.05) is 26.2 Å². The van der Waals surface area contributed by atoms with Crippen molar-refractivity contribution in [2.24, 2.45) is 0 Å². The van der Waals surface area contributed by atoms with E-state index in [-0.39, 0.29) is 12.8 Å². The predicted octanol–water partition coefficient (Wildman–Crippen LogP) is 5.45. The van der Waals surface area contributed by atoms with E-state index in [9.17, 15) is 36.2 Å². The molecule has 0 radical (unpaired) electrons. The second-order valence-corrected chi connectivity index (χ2v) is 7.87. The molecule has 3 N–H and O–H groups in total. The van der Waals surface area contributed by atoms with Gasteiger partial charge in [-0.2, -0.15) is 26.3 Å². The minimum Gasteiger partial charge on any atom is -0.465 e. The fourth-order valence-corrected chi connectivity index (χ4v) is 3.68. The molecule has 0 aromatic carbocycles. The number of pyridine rings is 1. The van der Waals surface area contributed by atoms with Crippen molar-refractivity contribution >= 4 is 11.8 Å². The molecule has 2 atom stereocenters. The number of alkyl halides is 6. The van der Waals surface area contributed by atoms with Crippen LogP contribution in [0.5, 0.6) is 0 Å². The van der Waals surface area contributed by atoms with Gasteiger partial charge in [-0.25, -0.2) is 9.78 Å². The lowest BCUT2D eigenvalue weighted by Gasteiger charge is -2.27. The van der Waals surface area contributed by atoms with Gasteiger partial charge in [0.25, 0.3) is 11.8 Å². The molecular weight excluding hydrogens is 462 g/mol. The third-order valence-corrected chi connectivity index (χ3v) is 5.44. The number of halogens is 6. The van der Waals surface area contributed by atoms with Crippen molar-refractivity contribution in [2.45, 2.75) is 69.3 Å². The Morgan fingerprint density at radius 2 is 1.82 bits per heavy atom. The van der Waals surface area contributed by atoms with E-state index in [0.29, 0.717) is 25.3 Å². The zero-order chi connectivity index (χ0) is 24.6. The van der Waals surface area contributed by atoms with Gasteiger partial charge in [-0.05, 0) is 31.2 Å². The van der Waals surface area contributed by atoms with Crippen molar-refractivity contribution in [3.63, 3.8) is 0 Å². The second-order valence-electron chi connectivity index (χ2n) is 7.87. The normalized spacial score (nSPS) is 22.5. The van der Waals surface area contributed by atoms with Crippen LogP contribution in [0.25, 0.3) is 11.6 Å². The van der Waals surface area contributed by atoms with Crippen molar-refractivity contribution < 1.29 is 45.8 Å².